The van der Waals surface area contributed by atoms with E-state index in [0.29, 0.717) is 5.82 Å². The Kier molecular flexibility index (Phi) is 3.02. The van der Waals surface area contributed by atoms with Crippen LogP contribution in [0.25, 0.3) is 0 Å². The van der Waals surface area contributed by atoms with Gasteiger partial charge in [0.15, 0.2) is 0 Å². The smallest absolute Gasteiger partial charge is 0.221 e. The lowest BCUT2D eigenvalue weighted by atomic mass is 10.3. The van der Waals surface area contributed by atoms with Crippen LogP contribution >= 0.6 is 0 Å². The first-order chi connectivity index (χ1) is 6.15. The van der Waals surface area contributed by atoms with E-state index in [2.05, 4.69) is 9.97 Å². The number of nitrogens with two attached hydrogens (primary N) is 1. The van der Waals surface area contributed by atoms with E-state index in [-0.39, 0.29) is 18.6 Å². The first-order valence-corrected chi connectivity index (χ1v) is 4.07. The number of hydrogen-bond acceptors (Lipinski definition) is 5. The largest absolute Gasteiger partial charge is 0.394 e. The topological polar surface area (TPSA) is 75.3 Å². The Bertz CT molecular complexity index is 279. The molecule has 1 heterocycles. The van der Waals surface area contributed by atoms with Crippen LogP contribution in [0, 0.1) is 0 Å². The van der Waals surface area contributed by atoms with Crippen molar-refractivity contribution in [1.82, 2.24) is 9.97 Å². The summed E-state index contributed by atoms with van der Waals surface area (Å²) in [5.74, 6) is 0.962. The summed E-state index contributed by atoms with van der Waals surface area (Å²) < 4.78 is 0. The molecule has 1 aromatic heterocycles. The number of nitrogen functional groups attached to an aromatic ring is 1. The maximum Gasteiger partial charge on any atom is 0.221 e. The van der Waals surface area contributed by atoms with Crippen molar-refractivity contribution >= 4 is 11.8 Å². The van der Waals surface area contributed by atoms with E-state index >= 15 is 0 Å². The molecular weight excluding hydrogens is 168 g/mol. The molecule has 5 nitrogen and oxygen atoms in total. The quantitative estimate of drug-likeness (QED) is 0.681. The Hall–Kier alpha value is -1.36. The van der Waals surface area contributed by atoms with Gasteiger partial charge in [0.2, 0.25) is 5.95 Å². The predicted molar refractivity (Wildman–Crippen MR) is 51.4 cm³/mol. The molecule has 0 aromatic carbocycles. The molecule has 0 bridgehead atoms. The molecule has 5 heteroatoms. The minimum atomic E-state index is 0.0225. The molecule has 1 unspecified atom stereocenters. The zero-order valence-electron chi connectivity index (χ0n) is 7.81. The van der Waals surface area contributed by atoms with Gasteiger partial charge in [-0.25, -0.2) is 4.98 Å². The van der Waals surface area contributed by atoms with Crippen molar-refractivity contribution in [2.24, 2.45) is 0 Å². The van der Waals surface area contributed by atoms with Crippen LogP contribution in [0.3, 0.4) is 0 Å². The van der Waals surface area contributed by atoms with E-state index in [1.807, 2.05) is 18.9 Å². The van der Waals surface area contributed by atoms with Crippen molar-refractivity contribution in [3.63, 3.8) is 0 Å². The van der Waals surface area contributed by atoms with E-state index < -0.39 is 0 Å². The van der Waals surface area contributed by atoms with Gasteiger partial charge in [-0.05, 0) is 13.0 Å². The lowest BCUT2D eigenvalue weighted by molar-refractivity contribution is 0.270. The Morgan fingerprint density at radius 3 is 2.92 bits per heavy atom. The summed E-state index contributed by atoms with van der Waals surface area (Å²) in [4.78, 5) is 9.65. The van der Waals surface area contributed by atoms with Crippen LogP contribution in [0.4, 0.5) is 11.8 Å². The van der Waals surface area contributed by atoms with Crippen LogP contribution in [0.15, 0.2) is 12.3 Å². The van der Waals surface area contributed by atoms with E-state index in [4.69, 9.17) is 10.8 Å². The molecule has 0 aliphatic heterocycles. The maximum absolute atomic E-state index is 8.92. The predicted octanol–water partition coefficient (Wildman–Crippen LogP) is -0.124. The van der Waals surface area contributed by atoms with Crippen molar-refractivity contribution < 1.29 is 5.11 Å². The molecule has 0 spiro atoms. The third-order valence-corrected chi connectivity index (χ3v) is 1.95. The van der Waals surface area contributed by atoms with Crippen molar-refractivity contribution in [3.8, 4) is 0 Å². The number of nitrogens with zero attached hydrogens (tertiary/aromatic N) is 3. The van der Waals surface area contributed by atoms with Gasteiger partial charge in [-0.1, -0.05) is 0 Å². The van der Waals surface area contributed by atoms with Gasteiger partial charge in [-0.3, -0.25) is 0 Å². The lowest BCUT2D eigenvalue weighted by Gasteiger charge is -2.23. The Morgan fingerprint density at radius 1 is 1.69 bits per heavy atom. The Balaban J connectivity index is 2.82. The van der Waals surface area contributed by atoms with Crippen molar-refractivity contribution in [2.45, 2.75) is 13.0 Å². The second-order valence-electron chi connectivity index (χ2n) is 2.92. The van der Waals surface area contributed by atoms with Crippen molar-refractivity contribution in [3.05, 3.63) is 12.3 Å². The van der Waals surface area contributed by atoms with E-state index in [1.165, 1.54) is 0 Å². The Labute approximate surface area is 77.2 Å². The zero-order chi connectivity index (χ0) is 9.84. The second kappa shape index (κ2) is 4.04. The van der Waals surface area contributed by atoms with Crippen LogP contribution in [-0.2, 0) is 0 Å². The minimum absolute atomic E-state index is 0.0225. The molecule has 0 fully saturated rings. The van der Waals surface area contributed by atoms with Crippen LogP contribution in [0.1, 0.15) is 6.92 Å². The summed E-state index contributed by atoms with van der Waals surface area (Å²) in [5.41, 5.74) is 5.43. The number of aliphatic hydroxyl groups excluding tert-OH is 1. The van der Waals surface area contributed by atoms with Crippen molar-refractivity contribution in [1.29, 1.82) is 0 Å². The van der Waals surface area contributed by atoms with E-state index in [9.17, 15) is 0 Å². The number of hydrogen-bond donors (Lipinski definition) is 2. The fraction of sp³-hybridized carbons (Fsp3) is 0.500. The molecule has 0 radical (unpaired) electrons. The minimum Gasteiger partial charge on any atom is -0.394 e. The molecule has 13 heavy (non-hydrogen) atoms. The first kappa shape index (κ1) is 9.73. The van der Waals surface area contributed by atoms with Crippen molar-refractivity contribution in [2.75, 3.05) is 24.3 Å². The fourth-order valence-corrected chi connectivity index (χ4v) is 0.909. The molecule has 0 aliphatic carbocycles. The summed E-state index contributed by atoms with van der Waals surface area (Å²) in [6, 6.07) is 1.77. The summed E-state index contributed by atoms with van der Waals surface area (Å²) in [5, 5.41) is 8.92. The van der Waals surface area contributed by atoms with E-state index in [1.54, 1.807) is 12.3 Å². The highest BCUT2D eigenvalue weighted by Crippen LogP contribution is 2.11. The molecule has 0 aliphatic rings. The third kappa shape index (κ3) is 2.29. The highest BCUT2D eigenvalue weighted by atomic mass is 16.3. The number of anilines is 2. The molecule has 1 rings (SSSR count). The maximum atomic E-state index is 8.92. The van der Waals surface area contributed by atoms with Gasteiger partial charge >= 0.3 is 0 Å². The van der Waals surface area contributed by atoms with Crippen LogP contribution in [0.2, 0.25) is 0 Å². The first-order valence-electron chi connectivity index (χ1n) is 4.07. The molecule has 1 aromatic rings. The van der Waals surface area contributed by atoms with Gasteiger partial charge in [-0.2, -0.15) is 4.98 Å². The number of likely N-dealkylation sites (N-methyl/N-ethyl adjacent to an activating group) is 1. The van der Waals surface area contributed by atoms with Crippen LogP contribution in [0.5, 0.6) is 0 Å². The third-order valence-electron chi connectivity index (χ3n) is 1.95. The average Bonchev–Trinajstić information content (AvgIpc) is 2.15. The van der Waals surface area contributed by atoms with Crippen LogP contribution < -0.4 is 10.6 Å². The Morgan fingerprint density at radius 2 is 2.38 bits per heavy atom. The molecule has 0 saturated carbocycles. The zero-order valence-corrected chi connectivity index (χ0v) is 7.81. The standard InChI is InChI=1S/C8H14N4O/c1-6(5-13)12(2)7-3-4-10-8(9)11-7/h3-4,6,13H,5H2,1-2H3,(H2,9,10,11). The number of aromatic nitrogens is 2. The summed E-state index contributed by atoms with van der Waals surface area (Å²) in [7, 11) is 1.85. The fourth-order valence-electron chi connectivity index (χ4n) is 0.909. The summed E-state index contributed by atoms with van der Waals surface area (Å²) >= 11 is 0. The van der Waals surface area contributed by atoms with Gasteiger partial charge in [-0.15, -0.1) is 0 Å². The van der Waals surface area contributed by atoms with Gasteiger partial charge in [0.05, 0.1) is 12.6 Å². The lowest BCUT2D eigenvalue weighted by Crippen LogP contribution is -2.32. The molecule has 1 atom stereocenters. The molecule has 0 saturated heterocycles. The highest BCUT2D eigenvalue weighted by Gasteiger charge is 2.09. The van der Waals surface area contributed by atoms with Gasteiger partial charge in [0.25, 0.3) is 0 Å². The highest BCUT2D eigenvalue weighted by molar-refractivity contribution is 5.40. The molecular formula is C8H14N4O. The molecule has 72 valence electrons. The van der Waals surface area contributed by atoms with Gasteiger partial charge < -0.3 is 15.7 Å². The summed E-state index contributed by atoms with van der Waals surface area (Å²) in [6.45, 7) is 1.98. The normalized spacial score (nSPS) is 12.5. The summed E-state index contributed by atoms with van der Waals surface area (Å²) in [6.07, 6.45) is 1.60. The SMILES string of the molecule is CC(CO)N(C)c1ccnc(N)n1. The molecule has 3 N–H and O–H groups in total. The van der Waals surface area contributed by atoms with E-state index in [0.717, 1.165) is 0 Å². The monoisotopic (exact) mass is 182 g/mol. The average molecular weight is 182 g/mol. The van der Waals surface area contributed by atoms with Gasteiger partial charge in [0.1, 0.15) is 5.82 Å². The van der Waals surface area contributed by atoms with Crippen LogP contribution in [-0.4, -0.2) is 34.8 Å². The van der Waals surface area contributed by atoms with Gasteiger partial charge in [0, 0.05) is 13.2 Å². The number of rotatable bonds is 3. The number of aliphatic hydroxyl groups is 1. The second-order valence-corrected chi connectivity index (χ2v) is 2.92. The molecule has 0 amide bonds.